The first-order valence-electron chi connectivity index (χ1n) is 12.4. The lowest BCUT2D eigenvalue weighted by atomic mass is 10.0. The number of carbonyl (C=O) groups is 2. The van der Waals surface area contributed by atoms with Gasteiger partial charge in [-0.25, -0.2) is 9.78 Å². The zero-order valence-electron chi connectivity index (χ0n) is 21.0. The summed E-state index contributed by atoms with van der Waals surface area (Å²) in [5, 5.41) is 16.8. The highest BCUT2D eigenvalue weighted by atomic mass is 32.1. The van der Waals surface area contributed by atoms with Gasteiger partial charge in [-0.05, 0) is 62.4 Å². The van der Waals surface area contributed by atoms with E-state index in [-0.39, 0.29) is 18.0 Å². The number of nitrogens with one attached hydrogen (secondary N) is 2. The molecule has 0 bridgehead atoms. The van der Waals surface area contributed by atoms with Crippen molar-refractivity contribution in [3.05, 3.63) is 71.2 Å². The molecule has 0 saturated carbocycles. The summed E-state index contributed by atoms with van der Waals surface area (Å²) >= 11 is 1.25. The van der Waals surface area contributed by atoms with Crippen LogP contribution in [-0.4, -0.2) is 59.2 Å². The van der Waals surface area contributed by atoms with Gasteiger partial charge in [-0.2, -0.15) is 0 Å². The van der Waals surface area contributed by atoms with Crippen molar-refractivity contribution < 1.29 is 19.4 Å². The molecule has 4 heterocycles. The Morgan fingerprint density at radius 3 is 2.71 bits per heavy atom. The van der Waals surface area contributed by atoms with Gasteiger partial charge < -0.3 is 25.4 Å². The molecular weight excluding hydrogens is 502 g/mol. The second-order valence-corrected chi connectivity index (χ2v) is 10.7. The van der Waals surface area contributed by atoms with Crippen molar-refractivity contribution in [2.75, 3.05) is 30.4 Å². The van der Waals surface area contributed by atoms with E-state index in [1.54, 1.807) is 17.2 Å². The van der Waals surface area contributed by atoms with Crippen molar-refractivity contribution in [1.29, 1.82) is 0 Å². The maximum absolute atomic E-state index is 13.5. The molecule has 0 radical (unpaired) electrons. The Morgan fingerprint density at radius 1 is 1.13 bits per heavy atom. The standard InChI is InChI=1S/C28H27N5O4S/c1-16-12-20(37-19-6-4-3-5-7-19)8-9-21(16)33-22-10-11-29-27-23(22)24(31-28(33)36)25(38-27)26(35)30-17-13-18(34)15-32(2)14-17/h3-12,17-18,34H,13-15H2,1-2H3,(H,30,35)(H,31,36)/t17-,18+/m1/s1. The Kier molecular flexibility index (Phi) is 6.22. The molecule has 2 aromatic heterocycles. The van der Waals surface area contributed by atoms with Crippen LogP contribution in [0.15, 0.2) is 60.8 Å². The number of aliphatic hydroxyl groups excluding tert-OH is 1. The van der Waals surface area contributed by atoms with Crippen LogP contribution in [0, 0.1) is 6.92 Å². The number of aliphatic hydroxyl groups is 1. The summed E-state index contributed by atoms with van der Waals surface area (Å²) in [5.41, 5.74) is 2.70. The third-order valence-corrected chi connectivity index (χ3v) is 7.88. The van der Waals surface area contributed by atoms with Gasteiger partial charge in [0, 0.05) is 25.3 Å². The fourth-order valence-corrected chi connectivity index (χ4v) is 6.22. The Hall–Kier alpha value is -3.99. The second kappa shape index (κ2) is 9.71. The van der Waals surface area contributed by atoms with Gasteiger partial charge in [0.1, 0.15) is 21.2 Å². The lowest BCUT2D eigenvalue weighted by Crippen LogP contribution is -2.51. The number of likely N-dealkylation sites (tertiary alicyclic amines) is 1. The lowest BCUT2D eigenvalue weighted by Gasteiger charge is -2.33. The number of pyridine rings is 1. The number of rotatable bonds is 5. The fraction of sp³-hybridized carbons (Fsp3) is 0.250. The minimum Gasteiger partial charge on any atom is -0.457 e. The monoisotopic (exact) mass is 529 g/mol. The van der Waals surface area contributed by atoms with Gasteiger partial charge in [0.05, 0.1) is 28.6 Å². The maximum Gasteiger partial charge on any atom is 0.331 e. The average Bonchev–Trinajstić information content (AvgIpc) is 3.25. The number of nitrogens with zero attached hydrogens (tertiary/aromatic N) is 3. The van der Waals surface area contributed by atoms with E-state index in [0.717, 1.165) is 16.7 Å². The first-order chi connectivity index (χ1) is 18.4. The van der Waals surface area contributed by atoms with Crippen molar-refractivity contribution in [1.82, 2.24) is 15.2 Å². The number of aromatic nitrogens is 1. The first kappa shape index (κ1) is 24.4. The van der Waals surface area contributed by atoms with E-state index in [9.17, 15) is 14.7 Å². The fourth-order valence-electron chi connectivity index (χ4n) is 5.19. The van der Waals surface area contributed by atoms with Crippen molar-refractivity contribution >= 4 is 50.6 Å². The molecule has 1 saturated heterocycles. The molecule has 2 aliphatic heterocycles. The van der Waals surface area contributed by atoms with Gasteiger partial charge in [-0.1, -0.05) is 18.2 Å². The molecule has 0 aliphatic carbocycles. The average molecular weight is 530 g/mol. The number of thiophene rings is 1. The third kappa shape index (κ3) is 4.47. The maximum atomic E-state index is 13.5. The summed E-state index contributed by atoms with van der Waals surface area (Å²) in [7, 11) is 1.91. The second-order valence-electron chi connectivity index (χ2n) is 9.73. The SMILES string of the molecule is Cc1cc(Oc2ccccc2)ccc1N1C(=O)Nc2c(C(=O)N[C@@H]3C[C@H](O)CN(C)C3)sc3nccc1c23. The van der Waals surface area contributed by atoms with E-state index in [4.69, 9.17) is 4.74 Å². The normalized spacial score (nSPS) is 19.3. The summed E-state index contributed by atoms with van der Waals surface area (Å²) < 4.78 is 5.96. The predicted octanol–water partition coefficient (Wildman–Crippen LogP) is 4.88. The van der Waals surface area contributed by atoms with Crippen LogP contribution in [0.2, 0.25) is 0 Å². The Labute approximate surface area is 223 Å². The van der Waals surface area contributed by atoms with Crippen LogP contribution in [0.1, 0.15) is 21.7 Å². The molecule has 2 aliphatic rings. The number of ether oxygens (including phenoxy) is 1. The van der Waals surface area contributed by atoms with Crippen LogP contribution in [-0.2, 0) is 0 Å². The first-order valence-corrected chi connectivity index (χ1v) is 13.2. The number of carbonyl (C=O) groups excluding carboxylic acids is 2. The highest BCUT2D eigenvalue weighted by Crippen LogP contribution is 2.46. The molecule has 2 aromatic carbocycles. The number of likely N-dealkylation sites (N-methyl/N-ethyl adjacent to an activating group) is 1. The Balaban J connectivity index is 1.32. The molecule has 9 nitrogen and oxygen atoms in total. The molecule has 2 atom stereocenters. The summed E-state index contributed by atoms with van der Waals surface area (Å²) in [5.74, 6) is 1.12. The number of hydrogen-bond acceptors (Lipinski definition) is 7. The van der Waals surface area contributed by atoms with Crippen molar-refractivity contribution in [3.8, 4) is 11.5 Å². The molecule has 4 aromatic rings. The number of benzene rings is 2. The molecule has 10 heteroatoms. The van der Waals surface area contributed by atoms with Gasteiger partial charge in [0.2, 0.25) is 0 Å². The number of aryl methyl sites for hydroxylation is 1. The molecule has 38 heavy (non-hydrogen) atoms. The summed E-state index contributed by atoms with van der Waals surface area (Å²) in [6.07, 6.45) is 1.65. The number of urea groups is 1. The summed E-state index contributed by atoms with van der Waals surface area (Å²) in [6, 6.07) is 16.4. The minimum absolute atomic E-state index is 0.184. The molecule has 194 valence electrons. The topological polar surface area (TPSA) is 107 Å². The molecule has 3 N–H and O–H groups in total. The van der Waals surface area contributed by atoms with Crippen molar-refractivity contribution in [2.24, 2.45) is 0 Å². The van der Waals surface area contributed by atoms with Crippen LogP contribution in [0.3, 0.4) is 0 Å². The predicted molar refractivity (Wildman–Crippen MR) is 148 cm³/mol. The quantitative estimate of drug-likeness (QED) is 0.340. The van der Waals surface area contributed by atoms with E-state index < -0.39 is 6.10 Å². The lowest BCUT2D eigenvalue weighted by molar-refractivity contribution is 0.0605. The number of piperidine rings is 1. The Morgan fingerprint density at radius 2 is 1.95 bits per heavy atom. The van der Waals surface area contributed by atoms with Gasteiger partial charge in [-0.3, -0.25) is 9.69 Å². The molecule has 6 rings (SSSR count). The van der Waals surface area contributed by atoms with E-state index in [1.165, 1.54) is 11.3 Å². The van der Waals surface area contributed by atoms with Crippen LogP contribution in [0.5, 0.6) is 11.5 Å². The zero-order chi connectivity index (χ0) is 26.4. The number of para-hydroxylation sites is 1. The summed E-state index contributed by atoms with van der Waals surface area (Å²) in [4.78, 5) is 35.9. The van der Waals surface area contributed by atoms with Crippen molar-refractivity contribution in [3.63, 3.8) is 0 Å². The zero-order valence-corrected chi connectivity index (χ0v) is 21.8. The number of anilines is 3. The molecule has 1 fully saturated rings. The van der Waals surface area contributed by atoms with Gasteiger partial charge in [-0.15, -0.1) is 11.3 Å². The minimum atomic E-state index is -0.492. The number of β-amino-alcohol motifs (C(OH)–C–C–N with tert-alkyl or cyclic N) is 1. The van der Waals surface area contributed by atoms with E-state index in [0.29, 0.717) is 52.0 Å². The van der Waals surface area contributed by atoms with Gasteiger partial charge in [0.15, 0.2) is 0 Å². The smallest absolute Gasteiger partial charge is 0.331 e. The molecular formula is C28H27N5O4S. The van der Waals surface area contributed by atoms with Crippen LogP contribution >= 0.6 is 11.3 Å². The van der Waals surface area contributed by atoms with Gasteiger partial charge >= 0.3 is 6.03 Å². The van der Waals surface area contributed by atoms with E-state index in [2.05, 4.69) is 15.6 Å². The highest BCUT2D eigenvalue weighted by Gasteiger charge is 2.34. The van der Waals surface area contributed by atoms with Gasteiger partial charge in [0.25, 0.3) is 5.91 Å². The molecule has 0 spiro atoms. The van der Waals surface area contributed by atoms with Crippen LogP contribution < -0.4 is 20.3 Å². The molecule has 0 unspecified atom stereocenters. The summed E-state index contributed by atoms with van der Waals surface area (Å²) in [6.45, 7) is 3.16. The van der Waals surface area contributed by atoms with E-state index >= 15 is 0 Å². The van der Waals surface area contributed by atoms with Crippen molar-refractivity contribution in [2.45, 2.75) is 25.5 Å². The highest BCUT2D eigenvalue weighted by molar-refractivity contribution is 7.21. The van der Waals surface area contributed by atoms with E-state index in [1.807, 2.05) is 67.4 Å². The largest absolute Gasteiger partial charge is 0.457 e. The molecule has 3 amide bonds. The third-order valence-electron chi connectivity index (χ3n) is 6.79. The van der Waals surface area contributed by atoms with Crippen LogP contribution in [0.25, 0.3) is 10.2 Å². The number of amides is 3. The van der Waals surface area contributed by atoms with Crippen LogP contribution in [0.4, 0.5) is 21.9 Å². The number of hydrogen-bond donors (Lipinski definition) is 3. The Bertz CT molecular complexity index is 1530.